The van der Waals surface area contributed by atoms with Gasteiger partial charge in [0.05, 0.1) is 0 Å². The maximum Gasteiger partial charge on any atom is 0.198 e. The van der Waals surface area contributed by atoms with E-state index in [-0.39, 0.29) is 5.75 Å². The van der Waals surface area contributed by atoms with E-state index in [4.69, 9.17) is 4.74 Å². The lowest BCUT2D eigenvalue weighted by molar-refractivity contribution is 0.407. The molecule has 2 aromatic carbocycles. The minimum Gasteiger partial charge on any atom is -0.451 e. The molecule has 0 radical (unpaired) electrons. The Labute approximate surface area is 120 Å². The molecule has 0 aliphatic carbocycles. The largest absolute Gasteiger partial charge is 0.451 e. The molecule has 0 aliphatic heterocycles. The fourth-order valence-corrected chi connectivity index (χ4v) is 2.00. The molecule has 0 spiro atoms. The van der Waals surface area contributed by atoms with Crippen molar-refractivity contribution in [2.45, 2.75) is 5.33 Å². The van der Waals surface area contributed by atoms with E-state index in [1.807, 2.05) is 0 Å². The van der Waals surface area contributed by atoms with E-state index >= 15 is 0 Å². The van der Waals surface area contributed by atoms with E-state index in [1.54, 1.807) is 24.3 Å². The lowest BCUT2D eigenvalue weighted by atomic mass is 10.2. The summed E-state index contributed by atoms with van der Waals surface area (Å²) in [7, 11) is 0. The first-order valence-corrected chi connectivity index (χ1v) is 6.99. The summed E-state index contributed by atoms with van der Waals surface area (Å²) in [5.74, 6) is -1.44. The Balaban J connectivity index is 2.31. The third-order valence-electron chi connectivity index (χ3n) is 2.25. The van der Waals surface area contributed by atoms with Crippen molar-refractivity contribution in [3.05, 3.63) is 58.1 Å². The Hall–Kier alpha value is -0.940. The smallest absolute Gasteiger partial charge is 0.198 e. The number of alkyl halides is 1. The maximum atomic E-state index is 13.7. The van der Waals surface area contributed by atoms with Gasteiger partial charge < -0.3 is 4.74 Å². The van der Waals surface area contributed by atoms with Gasteiger partial charge in [-0.3, -0.25) is 0 Å². The van der Waals surface area contributed by atoms with Gasteiger partial charge >= 0.3 is 0 Å². The normalized spacial score (nSPS) is 10.4. The van der Waals surface area contributed by atoms with Crippen LogP contribution in [0.25, 0.3) is 0 Å². The summed E-state index contributed by atoms with van der Waals surface area (Å²) in [6, 6.07) is 9.21. The Bertz CT molecular complexity index is 532. The molecule has 0 saturated heterocycles. The fourth-order valence-electron chi connectivity index (χ4n) is 1.41. The molecule has 0 aromatic heterocycles. The first-order valence-electron chi connectivity index (χ1n) is 5.07. The molecule has 18 heavy (non-hydrogen) atoms. The van der Waals surface area contributed by atoms with Crippen LogP contribution in [0.2, 0.25) is 0 Å². The van der Waals surface area contributed by atoms with Crippen LogP contribution in [0, 0.1) is 11.6 Å². The summed E-state index contributed by atoms with van der Waals surface area (Å²) in [5, 5.41) is 0.388. The van der Waals surface area contributed by atoms with Crippen molar-refractivity contribution in [3.8, 4) is 11.5 Å². The molecule has 0 N–H and O–H groups in total. The molecule has 1 nitrogen and oxygen atoms in total. The van der Waals surface area contributed by atoms with Crippen LogP contribution in [0.5, 0.6) is 11.5 Å². The summed E-state index contributed by atoms with van der Waals surface area (Å²) >= 11 is 6.42. The Morgan fingerprint density at radius 3 is 2.06 bits per heavy atom. The van der Waals surface area contributed by atoms with Crippen LogP contribution in [-0.4, -0.2) is 0 Å². The SMILES string of the molecule is Fc1cc(CBr)cc(F)c1Oc1ccc(Br)cc1. The third kappa shape index (κ3) is 3.09. The van der Waals surface area contributed by atoms with Gasteiger partial charge in [0.1, 0.15) is 5.75 Å². The Kier molecular flexibility index (Phi) is 4.35. The molecule has 5 heteroatoms. The van der Waals surface area contributed by atoms with Gasteiger partial charge in [0.15, 0.2) is 17.4 Å². The molecule has 0 amide bonds. The van der Waals surface area contributed by atoms with E-state index in [1.165, 1.54) is 12.1 Å². The van der Waals surface area contributed by atoms with E-state index in [0.717, 1.165) is 4.47 Å². The molecule has 0 saturated carbocycles. The molecular formula is C13H8Br2F2O. The second-order valence-electron chi connectivity index (χ2n) is 3.58. The van der Waals surface area contributed by atoms with Crippen LogP contribution in [0.1, 0.15) is 5.56 Å². The zero-order valence-corrected chi connectivity index (χ0v) is 12.3. The van der Waals surface area contributed by atoms with E-state index in [0.29, 0.717) is 16.6 Å². The second kappa shape index (κ2) is 5.80. The second-order valence-corrected chi connectivity index (χ2v) is 5.05. The third-order valence-corrected chi connectivity index (χ3v) is 3.42. The average molecular weight is 378 g/mol. The van der Waals surface area contributed by atoms with Crippen LogP contribution in [-0.2, 0) is 5.33 Å². The molecule has 0 aliphatic rings. The summed E-state index contributed by atoms with van der Waals surface area (Å²) in [4.78, 5) is 0. The van der Waals surface area contributed by atoms with Crippen molar-refractivity contribution in [3.63, 3.8) is 0 Å². The highest BCUT2D eigenvalue weighted by Gasteiger charge is 2.13. The predicted molar refractivity (Wildman–Crippen MR) is 73.2 cm³/mol. The lowest BCUT2D eigenvalue weighted by Gasteiger charge is -2.09. The number of rotatable bonds is 3. The molecule has 2 rings (SSSR count). The van der Waals surface area contributed by atoms with Crippen LogP contribution < -0.4 is 4.74 Å². The van der Waals surface area contributed by atoms with Crippen molar-refractivity contribution in [1.82, 2.24) is 0 Å². The molecular weight excluding hydrogens is 370 g/mol. The summed E-state index contributed by atoms with van der Waals surface area (Å²) in [6.07, 6.45) is 0. The molecule has 94 valence electrons. The van der Waals surface area contributed by atoms with Gasteiger partial charge in [-0.1, -0.05) is 31.9 Å². The van der Waals surface area contributed by atoms with Gasteiger partial charge in [-0.05, 0) is 42.0 Å². The Morgan fingerprint density at radius 1 is 1.00 bits per heavy atom. The van der Waals surface area contributed by atoms with E-state index < -0.39 is 11.6 Å². The molecule has 0 heterocycles. The minimum atomic E-state index is -0.715. The predicted octanol–water partition coefficient (Wildman–Crippen LogP) is 5.41. The monoisotopic (exact) mass is 376 g/mol. The van der Waals surface area contributed by atoms with Crippen molar-refractivity contribution in [1.29, 1.82) is 0 Å². The average Bonchev–Trinajstić information content (AvgIpc) is 2.35. The van der Waals surface area contributed by atoms with Gasteiger partial charge in [0.25, 0.3) is 0 Å². The van der Waals surface area contributed by atoms with E-state index in [2.05, 4.69) is 31.9 Å². The molecule has 2 aromatic rings. The van der Waals surface area contributed by atoms with Crippen molar-refractivity contribution < 1.29 is 13.5 Å². The highest BCUT2D eigenvalue weighted by atomic mass is 79.9. The molecule has 0 bridgehead atoms. The van der Waals surface area contributed by atoms with Crippen LogP contribution >= 0.6 is 31.9 Å². The van der Waals surface area contributed by atoms with Gasteiger partial charge in [-0.25, -0.2) is 8.78 Å². The number of hydrogen-bond acceptors (Lipinski definition) is 1. The number of halogens is 4. The zero-order chi connectivity index (χ0) is 13.1. The van der Waals surface area contributed by atoms with Gasteiger partial charge in [0.2, 0.25) is 0 Å². The first kappa shape index (κ1) is 13.5. The van der Waals surface area contributed by atoms with Crippen molar-refractivity contribution >= 4 is 31.9 Å². The molecule has 0 atom stereocenters. The molecule has 0 fully saturated rings. The molecule has 0 unspecified atom stereocenters. The van der Waals surface area contributed by atoms with Crippen LogP contribution in [0.15, 0.2) is 40.9 Å². The quantitative estimate of drug-likeness (QED) is 0.649. The standard InChI is InChI=1S/C13H8Br2F2O/c14-7-8-5-11(16)13(12(17)6-8)18-10-3-1-9(15)2-4-10/h1-6H,7H2. The summed E-state index contributed by atoms with van der Waals surface area (Å²) in [6.45, 7) is 0. The van der Waals surface area contributed by atoms with Crippen LogP contribution in [0.4, 0.5) is 8.78 Å². The number of benzene rings is 2. The van der Waals surface area contributed by atoms with Crippen molar-refractivity contribution in [2.24, 2.45) is 0 Å². The zero-order valence-electron chi connectivity index (χ0n) is 9.09. The minimum absolute atomic E-state index is 0.377. The first-order chi connectivity index (χ1) is 8.60. The number of hydrogen-bond donors (Lipinski definition) is 0. The summed E-state index contributed by atoms with van der Waals surface area (Å²) < 4.78 is 33.4. The highest BCUT2D eigenvalue weighted by Crippen LogP contribution is 2.29. The topological polar surface area (TPSA) is 9.23 Å². The van der Waals surface area contributed by atoms with Gasteiger partial charge in [-0.2, -0.15) is 0 Å². The maximum absolute atomic E-state index is 13.7. The van der Waals surface area contributed by atoms with Gasteiger partial charge in [0, 0.05) is 9.80 Å². The summed E-state index contributed by atoms with van der Waals surface area (Å²) in [5.41, 5.74) is 0.521. The lowest BCUT2D eigenvalue weighted by Crippen LogP contribution is -1.94. The Morgan fingerprint density at radius 2 is 1.56 bits per heavy atom. The highest BCUT2D eigenvalue weighted by molar-refractivity contribution is 9.10. The van der Waals surface area contributed by atoms with Gasteiger partial charge in [-0.15, -0.1) is 0 Å². The van der Waals surface area contributed by atoms with E-state index in [9.17, 15) is 8.78 Å². The number of ether oxygens (including phenoxy) is 1. The van der Waals surface area contributed by atoms with Crippen molar-refractivity contribution in [2.75, 3.05) is 0 Å². The van der Waals surface area contributed by atoms with Crippen LogP contribution in [0.3, 0.4) is 0 Å². The fraction of sp³-hybridized carbons (Fsp3) is 0.0769.